The fraction of sp³-hybridized carbons (Fsp3) is 0.588. The van der Waals surface area contributed by atoms with E-state index in [9.17, 15) is 13.2 Å². The maximum absolute atomic E-state index is 12.9. The maximum atomic E-state index is 12.9. The number of halogens is 1. The van der Waals surface area contributed by atoms with Crippen LogP contribution in [0, 0.1) is 0 Å². The number of amides is 1. The first-order chi connectivity index (χ1) is 11.9. The Labute approximate surface area is 153 Å². The predicted molar refractivity (Wildman–Crippen MR) is 95.4 cm³/mol. The molecule has 2 aliphatic heterocycles. The third kappa shape index (κ3) is 3.84. The SMILES string of the molecule is CC1CCCCN1C(=O)c1cc(S(=O)(=O)N2CCOCC2)ccc1Cl. The lowest BCUT2D eigenvalue weighted by Gasteiger charge is -2.33. The molecule has 1 atom stereocenters. The lowest BCUT2D eigenvalue weighted by Crippen LogP contribution is -2.42. The van der Waals surface area contributed by atoms with Crippen LogP contribution in [0.25, 0.3) is 0 Å². The van der Waals surface area contributed by atoms with Gasteiger partial charge in [0.05, 0.1) is 28.7 Å². The van der Waals surface area contributed by atoms with E-state index in [0.717, 1.165) is 19.3 Å². The molecule has 1 unspecified atom stereocenters. The average Bonchev–Trinajstić information content (AvgIpc) is 2.62. The average molecular weight is 387 g/mol. The number of hydrogen-bond acceptors (Lipinski definition) is 4. The predicted octanol–water partition coefficient (Wildman–Crippen LogP) is 2.38. The van der Waals surface area contributed by atoms with Crippen LogP contribution in [-0.2, 0) is 14.8 Å². The van der Waals surface area contributed by atoms with E-state index in [0.29, 0.717) is 32.8 Å². The van der Waals surface area contributed by atoms with Gasteiger partial charge in [-0.1, -0.05) is 11.6 Å². The summed E-state index contributed by atoms with van der Waals surface area (Å²) in [5.41, 5.74) is 0.254. The van der Waals surface area contributed by atoms with E-state index in [1.54, 1.807) is 4.90 Å². The highest BCUT2D eigenvalue weighted by atomic mass is 35.5. The zero-order valence-corrected chi connectivity index (χ0v) is 15.9. The minimum Gasteiger partial charge on any atom is -0.379 e. The molecule has 1 amide bonds. The molecule has 138 valence electrons. The quantitative estimate of drug-likeness (QED) is 0.799. The van der Waals surface area contributed by atoms with Crippen LogP contribution in [0.15, 0.2) is 23.1 Å². The van der Waals surface area contributed by atoms with Crippen molar-refractivity contribution in [2.24, 2.45) is 0 Å². The number of likely N-dealkylation sites (tertiary alicyclic amines) is 1. The van der Waals surface area contributed by atoms with Crippen LogP contribution in [0.2, 0.25) is 5.02 Å². The fourth-order valence-electron chi connectivity index (χ4n) is 3.32. The molecular formula is C17H23ClN2O4S. The zero-order chi connectivity index (χ0) is 18.0. The van der Waals surface area contributed by atoms with Gasteiger partial charge in [0.15, 0.2) is 0 Å². The molecule has 25 heavy (non-hydrogen) atoms. The van der Waals surface area contributed by atoms with Gasteiger partial charge in [0, 0.05) is 25.7 Å². The van der Waals surface area contributed by atoms with Gasteiger partial charge < -0.3 is 9.64 Å². The number of carbonyl (C=O) groups is 1. The summed E-state index contributed by atoms with van der Waals surface area (Å²) in [5.74, 6) is -0.198. The lowest BCUT2D eigenvalue weighted by atomic mass is 10.0. The van der Waals surface area contributed by atoms with Gasteiger partial charge in [-0.15, -0.1) is 0 Å². The van der Waals surface area contributed by atoms with Gasteiger partial charge >= 0.3 is 0 Å². The Morgan fingerprint density at radius 3 is 2.60 bits per heavy atom. The highest BCUT2D eigenvalue weighted by Gasteiger charge is 2.30. The van der Waals surface area contributed by atoms with Crippen LogP contribution in [0.3, 0.4) is 0 Å². The normalized spacial score (nSPS) is 22.8. The van der Waals surface area contributed by atoms with Crippen LogP contribution < -0.4 is 0 Å². The van der Waals surface area contributed by atoms with Gasteiger partial charge in [0.25, 0.3) is 5.91 Å². The second-order valence-electron chi connectivity index (χ2n) is 6.50. The third-order valence-corrected chi connectivity index (χ3v) is 7.06. The number of sulfonamides is 1. The summed E-state index contributed by atoms with van der Waals surface area (Å²) in [6, 6.07) is 4.51. The van der Waals surface area contributed by atoms with Crippen LogP contribution in [0.5, 0.6) is 0 Å². The Balaban J connectivity index is 1.91. The standard InChI is InChI=1S/C17H23ClN2O4S/c1-13-4-2-3-7-20(13)17(21)15-12-14(5-6-16(15)18)25(22,23)19-8-10-24-11-9-19/h5-6,12-13H,2-4,7-11H2,1H3. The number of nitrogens with zero attached hydrogens (tertiary/aromatic N) is 2. The van der Waals surface area contributed by atoms with Gasteiger partial charge in [0.2, 0.25) is 10.0 Å². The Bertz CT molecular complexity index is 747. The topological polar surface area (TPSA) is 66.9 Å². The minimum atomic E-state index is -3.66. The Morgan fingerprint density at radius 1 is 1.20 bits per heavy atom. The van der Waals surface area contributed by atoms with E-state index in [4.69, 9.17) is 16.3 Å². The fourth-order valence-corrected chi connectivity index (χ4v) is 4.95. The molecule has 6 nitrogen and oxygen atoms in total. The van der Waals surface area contributed by atoms with Crippen LogP contribution in [-0.4, -0.2) is 62.4 Å². The Morgan fingerprint density at radius 2 is 1.92 bits per heavy atom. The number of ether oxygens (including phenoxy) is 1. The van der Waals surface area contributed by atoms with Gasteiger partial charge in [-0.3, -0.25) is 4.79 Å². The molecule has 0 saturated carbocycles. The van der Waals surface area contributed by atoms with Crippen molar-refractivity contribution < 1.29 is 17.9 Å². The molecule has 0 aliphatic carbocycles. The summed E-state index contributed by atoms with van der Waals surface area (Å²) in [7, 11) is -3.66. The van der Waals surface area contributed by atoms with Crippen molar-refractivity contribution in [3.8, 4) is 0 Å². The van der Waals surface area contributed by atoms with Crippen molar-refractivity contribution in [1.29, 1.82) is 0 Å². The molecule has 1 aromatic carbocycles. The monoisotopic (exact) mass is 386 g/mol. The third-order valence-electron chi connectivity index (χ3n) is 4.84. The largest absolute Gasteiger partial charge is 0.379 e. The van der Waals surface area contributed by atoms with Crippen molar-refractivity contribution >= 4 is 27.5 Å². The van der Waals surface area contributed by atoms with Crippen molar-refractivity contribution in [2.75, 3.05) is 32.8 Å². The van der Waals surface area contributed by atoms with Crippen molar-refractivity contribution in [3.05, 3.63) is 28.8 Å². The van der Waals surface area contributed by atoms with Crippen LogP contribution in [0.1, 0.15) is 36.5 Å². The molecule has 0 aromatic heterocycles. The van der Waals surface area contributed by atoms with E-state index >= 15 is 0 Å². The number of rotatable bonds is 3. The van der Waals surface area contributed by atoms with E-state index in [1.165, 1.54) is 22.5 Å². The minimum absolute atomic E-state index is 0.104. The molecule has 2 fully saturated rings. The van der Waals surface area contributed by atoms with Crippen molar-refractivity contribution in [1.82, 2.24) is 9.21 Å². The summed E-state index contributed by atoms with van der Waals surface area (Å²) in [6.07, 6.45) is 3.01. The van der Waals surface area contributed by atoms with E-state index < -0.39 is 10.0 Å². The number of morpholine rings is 1. The summed E-state index contributed by atoms with van der Waals surface area (Å²) in [4.78, 5) is 14.8. The first-order valence-corrected chi connectivity index (χ1v) is 10.4. The highest BCUT2D eigenvalue weighted by molar-refractivity contribution is 7.89. The molecule has 0 spiro atoms. The van der Waals surface area contributed by atoms with Gasteiger partial charge in [0.1, 0.15) is 0 Å². The van der Waals surface area contributed by atoms with Gasteiger partial charge in [-0.25, -0.2) is 8.42 Å². The number of piperidine rings is 1. The summed E-state index contributed by atoms with van der Waals surface area (Å²) >= 11 is 6.22. The number of benzene rings is 1. The maximum Gasteiger partial charge on any atom is 0.255 e. The lowest BCUT2D eigenvalue weighted by molar-refractivity contribution is 0.0635. The number of carbonyl (C=O) groups excluding carboxylic acids is 1. The Hall–Kier alpha value is -1.15. The van der Waals surface area contributed by atoms with Crippen LogP contribution in [0.4, 0.5) is 0 Å². The molecule has 8 heteroatoms. The highest BCUT2D eigenvalue weighted by Crippen LogP contribution is 2.27. The molecule has 3 rings (SSSR count). The van der Waals surface area contributed by atoms with Crippen LogP contribution >= 0.6 is 11.6 Å². The molecule has 0 radical (unpaired) electrons. The molecule has 2 heterocycles. The van der Waals surface area contributed by atoms with Crippen molar-refractivity contribution in [2.45, 2.75) is 37.1 Å². The summed E-state index contributed by atoms with van der Waals surface area (Å²) in [6.45, 7) is 4.08. The molecular weight excluding hydrogens is 364 g/mol. The molecule has 0 N–H and O–H groups in total. The van der Waals surface area contributed by atoms with E-state index in [1.807, 2.05) is 6.92 Å². The van der Waals surface area contributed by atoms with Gasteiger partial charge in [-0.05, 0) is 44.4 Å². The van der Waals surface area contributed by atoms with Gasteiger partial charge in [-0.2, -0.15) is 4.31 Å². The Kier molecular flexibility index (Phi) is 5.68. The molecule has 2 aliphatic rings. The first-order valence-electron chi connectivity index (χ1n) is 8.59. The summed E-state index contributed by atoms with van der Waals surface area (Å²) < 4.78 is 32.2. The van der Waals surface area contributed by atoms with E-state index in [-0.39, 0.29) is 27.4 Å². The molecule has 0 bridgehead atoms. The first kappa shape index (κ1) is 18.6. The molecule has 1 aromatic rings. The smallest absolute Gasteiger partial charge is 0.255 e. The second kappa shape index (κ2) is 7.61. The van der Waals surface area contributed by atoms with Crippen molar-refractivity contribution in [3.63, 3.8) is 0 Å². The van der Waals surface area contributed by atoms with E-state index in [2.05, 4.69) is 0 Å². The number of hydrogen-bond donors (Lipinski definition) is 0. The zero-order valence-electron chi connectivity index (χ0n) is 14.3. The second-order valence-corrected chi connectivity index (χ2v) is 8.85. The summed E-state index contributed by atoms with van der Waals surface area (Å²) in [5, 5.41) is 0.281. The molecule has 2 saturated heterocycles.